The van der Waals surface area contributed by atoms with Gasteiger partial charge in [-0.2, -0.15) is 26.3 Å². The quantitative estimate of drug-likeness (QED) is 0.355. The summed E-state index contributed by atoms with van der Waals surface area (Å²) < 4.78 is 100.0. The van der Waals surface area contributed by atoms with Gasteiger partial charge in [-0.1, -0.05) is 0 Å². The van der Waals surface area contributed by atoms with Gasteiger partial charge in [0.15, 0.2) is 5.79 Å². The second-order valence-corrected chi connectivity index (χ2v) is 9.12. The van der Waals surface area contributed by atoms with E-state index >= 15 is 0 Å². The van der Waals surface area contributed by atoms with Gasteiger partial charge in [-0.05, 0) is 38.0 Å². The van der Waals surface area contributed by atoms with Gasteiger partial charge < -0.3 is 14.2 Å². The van der Waals surface area contributed by atoms with Crippen molar-refractivity contribution in [3.8, 4) is 0 Å². The molecular weight excluding hydrogens is 438 g/mol. The van der Waals surface area contributed by atoms with Crippen molar-refractivity contribution in [2.75, 3.05) is 19.8 Å². The van der Waals surface area contributed by atoms with Crippen LogP contribution in [0.1, 0.15) is 39.0 Å². The third-order valence-electron chi connectivity index (χ3n) is 6.86. The van der Waals surface area contributed by atoms with Crippen LogP contribution in [0.4, 0.5) is 26.3 Å². The number of hydrogen-bond donors (Lipinski definition) is 0. The number of carbonyl (C=O) groups is 2. The van der Waals surface area contributed by atoms with E-state index in [2.05, 4.69) is 9.47 Å². The molecule has 0 radical (unpaired) electrons. The minimum Gasteiger partial charge on any atom is -0.462 e. The number of alkyl halides is 6. The molecule has 1 spiro atoms. The molecule has 2 unspecified atom stereocenters. The molecule has 0 aromatic heterocycles. The Balaban J connectivity index is 1.42. The van der Waals surface area contributed by atoms with Gasteiger partial charge in [0, 0.05) is 18.8 Å². The van der Waals surface area contributed by atoms with Gasteiger partial charge in [0.2, 0.25) is 0 Å². The molecule has 0 aromatic rings. The lowest BCUT2D eigenvalue weighted by Crippen LogP contribution is -2.71. The lowest BCUT2D eigenvalue weighted by molar-refractivity contribution is -0.507. The first-order valence-electron chi connectivity index (χ1n) is 10.0. The van der Waals surface area contributed by atoms with Gasteiger partial charge in [-0.15, -0.1) is 0 Å². The fourth-order valence-electron chi connectivity index (χ4n) is 5.72. The van der Waals surface area contributed by atoms with E-state index < -0.39 is 72.8 Å². The van der Waals surface area contributed by atoms with Crippen molar-refractivity contribution in [2.45, 2.75) is 62.8 Å². The van der Waals surface area contributed by atoms with E-state index in [0.29, 0.717) is 26.2 Å². The fourth-order valence-corrected chi connectivity index (χ4v) is 5.72. The van der Waals surface area contributed by atoms with Gasteiger partial charge in [0.1, 0.15) is 19.8 Å². The summed E-state index contributed by atoms with van der Waals surface area (Å²) in [5.74, 6) is -13.8. The first-order chi connectivity index (χ1) is 14.2. The zero-order valence-electron chi connectivity index (χ0n) is 16.6. The lowest BCUT2D eigenvalue weighted by Gasteiger charge is -2.64. The van der Waals surface area contributed by atoms with Crippen LogP contribution >= 0.6 is 0 Å². The van der Waals surface area contributed by atoms with Crippen molar-refractivity contribution in [3.63, 3.8) is 0 Å². The largest absolute Gasteiger partial charge is 0.462 e. The van der Waals surface area contributed by atoms with E-state index in [9.17, 15) is 35.9 Å². The van der Waals surface area contributed by atoms with Crippen molar-refractivity contribution >= 4 is 11.9 Å². The standard InChI is InChI=1S/C19H22F6O6/c1-15(20,21)13(26)28-2-3-29-14(27)16-6-10-4-11(7-16)18(12(5-10)8-16)30-9-17(22,23)19(24,25)31-18/h10-12H,2-9H2,1H3. The van der Waals surface area contributed by atoms with Crippen LogP contribution < -0.4 is 0 Å². The van der Waals surface area contributed by atoms with Crippen LogP contribution in [0.25, 0.3) is 0 Å². The van der Waals surface area contributed by atoms with Crippen molar-refractivity contribution in [1.29, 1.82) is 0 Å². The van der Waals surface area contributed by atoms with Crippen LogP contribution in [0.5, 0.6) is 0 Å². The Morgan fingerprint density at radius 3 is 2.13 bits per heavy atom. The normalized spacial score (nSPS) is 40.0. The minimum atomic E-state index is -4.68. The molecule has 2 atom stereocenters. The van der Waals surface area contributed by atoms with E-state index in [1.54, 1.807) is 0 Å². The van der Waals surface area contributed by atoms with E-state index in [1.807, 2.05) is 0 Å². The van der Waals surface area contributed by atoms with Crippen molar-refractivity contribution < 1.29 is 54.9 Å². The average molecular weight is 460 g/mol. The zero-order chi connectivity index (χ0) is 22.9. The Morgan fingerprint density at radius 2 is 1.58 bits per heavy atom. The Kier molecular flexibility index (Phi) is 5.09. The second kappa shape index (κ2) is 6.97. The van der Waals surface area contributed by atoms with Gasteiger partial charge in [0.05, 0.1) is 5.41 Å². The third kappa shape index (κ3) is 3.59. The van der Waals surface area contributed by atoms with Crippen LogP contribution in [0, 0.1) is 23.2 Å². The van der Waals surface area contributed by atoms with Crippen molar-refractivity contribution in [2.24, 2.45) is 23.2 Å². The molecule has 176 valence electrons. The molecule has 1 saturated heterocycles. The Morgan fingerprint density at radius 1 is 1.00 bits per heavy atom. The first kappa shape index (κ1) is 22.6. The van der Waals surface area contributed by atoms with Crippen molar-refractivity contribution in [1.82, 2.24) is 0 Å². The number of esters is 2. The third-order valence-corrected chi connectivity index (χ3v) is 6.86. The number of carbonyl (C=O) groups excluding carboxylic acids is 2. The molecule has 5 aliphatic rings. The van der Waals surface area contributed by atoms with E-state index in [0.717, 1.165) is 0 Å². The molecule has 0 aromatic carbocycles. The predicted octanol–water partition coefficient (Wildman–Crippen LogP) is 3.53. The smallest absolute Gasteiger partial charge is 0.424 e. The molecule has 12 heteroatoms. The summed E-state index contributed by atoms with van der Waals surface area (Å²) in [6.45, 7) is -2.09. The summed E-state index contributed by atoms with van der Waals surface area (Å²) in [5.41, 5.74) is -1.03. The summed E-state index contributed by atoms with van der Waals surface area (Å²) in [7, 11) is 0. The Labute approximate surface area is 173 Å². The maximum absolute atomic E-state index is 14.0. The lowest BCUT2D eigenvalue weighted by atomic mass is 9.47. The maximum atomic E-state index is 14.0. The average Bonchev–Trinajstić information content (AvgIpc) is 2.64. The Hall–Kier alpha value is -1.56. The number of rotatable bonds is 5. The predicted molar refractivity (Wildman–Crippen MR) is 88.2 cm³/mol. The number of hydrogen-bond acceptors (Lipinski definition) is 6. The van der Waals surface area contributed by atoms with Gasteiger partial charge >= 0.3 is 29.9 Å². The second-order valence-electron chi connectivity index (χ2n) is 9.12. The Bertz CT molecular complexity index is 749. The highest BCUT2D eigenvalue weighted by molar-refractivity contribution is 5.78. The summed E-state index contributed by atoms with van der Waals surface area (Å²) in [4.78, 5) is 23.8. The molecule has 0 N–H and O–H groups in total. The molecule has 4 bridgehead atoms. The SMILES string of the molecule is CC(F)(F)C(=O)OCCOC(=O)C12CC3CC(C1)C1(OCC(F)(F)C(F)(F)O1)C(C3)C2. The van der Waals surface area contributed by atoms with E-state index in [-0.39, 0.29) is 18.8 Å². The summed E-state index contributed by atoms with van der Waals surface area (Å²) in [5, 5.41) is 0. The summed E-state index contributed by atoms with van der Waals surface area (Å²) >= 11 is 0. The molecule has 5 rings (SSSR count). The summed E-state index contributed by atoms with van der Waals surface area (Å²) in [6.07, 6.45) is -3.32. The monoisotopic (exact) mass is 460 g/mol. The van der Waals surface area contributed by atoms with Crippen LogP contribution in [-0.4, -0.2) is 55.5 Å². The molecule has 4 aliphatic carbocycles. The first-order valence-corrected chi connectivity index (χ1v) is 10.0. The van der Waals surface area contributed by atoms with E-state index in [4.69, 9.17) is 9.47 Å². The van der Waals surface area contributed by atoms with Crippen LogP contribution in [-0.2, 0) is 28.5 Å². The van der Waals surface area contributed by atoms with Crippen LogP contribution in [0.15, 0.2) is 0 Å². The molecule has 1 heterocycles. The topological polar surface area (TPSA) is 71.1 Å². The molecular formula is C19H22F6O6. The highest BCUT2D eigenvalue weighted by Gasteiger charge is 2.74. The molecule has 5 fully saturated rings. The summed E-state index contributed by atoms with van der Waals surface area (Å²) in [6, 6.07) is 0. The van der Waals surface area contributed by atoms with Crippen molar-refractivity contribution in [3.05, 3.63) is 0 Å². The maximum Gasteiger partial charge on any atom is 0.424 e. The van der Waals surface area contributed by atoms with Crippen LogP contribution in [0.3, 0.4) is 0 Å². The fraction of sp³-hybridized carbons (Fsp3) is 0.895. The van der Waals surface area contributed by atoms with Gasteiger partial charge in [-0.25, -0.2) is 4.79 Å². The highest BCUT2D eigenvalue weighted by atomic mass is 19.3. The number of ether oxygens (including phenoxy) is 4. The molecule has 0 amide bonds. The van der Waals surface area contributed by atoms with Gasteiger partial charge in [-0.3, -0.25) is 9.53 Å². The van der Waals surface area contributed by atoms with E-state index in [1.165, 1.54) is 0 Å². The molecule has 4 saturated carbocycles. The zero-order valence-corrected chi connectivity index (χ0v) is 16.6. The molecule has 31 heavy (non-hydrogen) atoms. The van der Waals surface area contributed by atoms with Crippen LogP contribution in [0.2, 0.25) is 0 Å². The minimum absolute atomic E-state index is 0.00412. The molecule has 6 nitrogen and oxygen atoms in total. The van der Waals surface area contributed by atoms with Gasteiger partial charge in [0.25, 0.3) is 0 Å². The number of halogens is 6. The highest BCUT2D eigenvalue weighted by Crippen LogP contribution is 2.67. The molecule has 1 aliphatic heterocycles.